The third-order valence-corrected chi connectivity index (χ3v) is 2.23. The molecule has 0 saturated carbocycles. The maximum atomic E-state index is 11.2. The summed E-state index contributed by atoms with van der Waals surface area (Å²) in [6.45, 7) is 5.56. The van der Waals surface area contributed by atoms with Gasteiger partial charge in [0.2, 0.25) is 5.91 Å². The van der Waals surface area contributed by atoms with E-state index in [0.717, 1.165) is 0 Å². The van der Waals surface area contributed by atoms with Crippen LogP contribution < -0.4 is 10.6 Å². The number of carbonyl (C=O) groups excluding carboxylic acids is 1. The van der Waals surface area contributed by atoms with Crippen molar-refractivity contribution in [2.75, 3.05) is 17.2 Å². The van der Waals surface area contributed by atoms with Crippen molar-refractivity contribution in [2.45, 2.75) is 32.7 Å². The Morgan fingerprint density at radius 3 is 2.65 bits per heavy atom. The SMILES string of the molecule is CCC(=O)Nc1ccc(NC(C)(C)CO)nc1. The first kappa shape index (κ1) is 13.4. The number of anilines is 2. The maximum Gasteiger partial charge on any atom is 0.224 e. The Bertz CT molecular complexity index is 374. The zero-order chi connectivity index (χ0) is 12.9. The average Bonchev–Trinajstić information content (AvgIpc) is 2.31. The van der Waals surface area contributed by atoms with Gasteiger partial charge in [0.05, 0.1) is 24.0 Å². The molecule has 3 N–H and O–H groups in total. The molecule has 0 atom stereocenters. The molecule has 5 nitrogen and oxygen atoms in total. The Labute approximate surface area is 101 Å². The van der Waals surface area contributed by atoms with Gasteiger partial charge in [0.1, 0.15) is 5.82 Å². The number of hydrogen-bond acceptors (Lipinski definition) is 4. The van der Waals surface area contributed by atoms with E-state index in [1.165, 1.54) is 0 Å². The minimum Gasteiger partial charge on any atom is -0.394 e. The van der Waals surface area contributed by atoms with Gasteiger partial charge in [0, 0.05) is 6.42 Å². The van der Waals surface area contributed by atoms with Gasteiger partial charge in [0.25, 0.3) is 0 Å². The fraction of sp³-hybridized carbons (Fsp3) is 0.500. The Morgan fingerprint density at radius 2 is 2.18 bits per heavy atom. The fourth-order valence-electron chi connectivity index (χ4n) is 1.18. The second-order valence-electron chi connectivity index (χ2n) is 4.50. The minimum absolute atomic E-state index is 0.0169. The van der Waals surface area contributed by atoms with Crippen molar-refractivity contribution in [1.29, 1.82) is 0 Å². The fourth-order valence-corrected chi connectivity index (χ4v) is 1.18. The van der Waals surface area contributed by atoms with Gasteiger partial charge < -0.3 is 15.7 Å². The largest absolute Gasteiger partial charge is 0.394 e. The molecule has 0 bridgehead atoms. The summed E-state index contributed by atoms with van der Waals surface area (Å²) in [6.07, 6.45) is 2.03. The second kappa shape index (κ2) is 5.63. The van der Waals surface area contributed by atoms with E-state index in [9.17, 15) is 4.79 Å². The summed E-state index contributed by atoms with van der Waals surface area (Å²) in [7, 11) is 0. The zero-order valence-electron chi connectivity index (χ0n) is 10.4. The highest BCUT2D eigenvalue weighted by Crippen LogP contribution is 2.14. The Hall–Kier alpha value is -1.62. The topological polar surface area (TPSA) is 74.2 Å². The smallest absolute Gasteiger partial charge is 0.224 e. The molecule has 1 rings (SSSR count). The molecule has 0 fully saturated rings. The van der Waals surface area contributed by atoms with Gasteiger partial charge in [-0.3, -0.25) is 4.79 Å². The molecular weight excluding hydrogens is 218 g/mol. The molecule has 1 aromatic rings. The van der Waals surface area contributed by atoms with Gasteiger partial charge in [-0.05, 0) is 26.0 Å². The molecule has 0 aliphatic carbocycles. The molecule has 0 unspecified atom stereocenters. The molecular formula is C12H19N3O2. The highest BCUT2D eigenvalue weighted by Gasteiger charge is 2.15. The summed E-state index contributed by atoms with van der Waals surface area (Å²) >= 11 is 0. The van der Waals surface area contributed by atoms with E-state index >= 15 is 0 Å². The molecule has 5 heteroatoms. The highest BCUT2D eigenvalue weighted by molar-refractivity contribution is 5.90. The Morgan fingerprint density at radius 1 is 1.47 bits per heavy atom. The molecule has 1 heterocycles. The third-order valence-electron chi connectivity index (χ3n) is 2.23. The van der Waals surface area contributed by atoms with Crippen LogP contribution in [0.3, 0.4) is 0 Å². The maximum absolute atomic E-state index is 11.2. The van der Waals surface area contributed by atoms with Crippen LogP contribution in [0.4, 0.5) is 11.5 Å². The van der Waals surface area contributed by atoms with Crippen LogP contribution in [0.2, 0.25) is 0 Å². The van der Waals surface area contributed by atoms with Gasteiger partial charge in [-0.1, -0.05) is 6.92 Å². The first-order valence-electron chi connectivity index (χ1n) is 5.62. The van der Waals surface area contributed by atoms with E-state index in [-0.39, 0.29) is 12.5 Å². The highest BCUT2D eigenvalue weighted by atomic mass is 16.3. The van der Waals surface area contributed by atoms with Crippen LogP contribution in [-0.2, 0) is 4.79 Å². The van der Waals surface area contributed by atoms with Crippen LogP contribution in [0.15, 0.2) is 18.3 Å². The van der Waals surface area contributed by atoms with Crippen molar-refractivity contribution in [3.8, 4) is 0 Å². The molecule has 0 spiro atoms. The molecule has 0 aromatic carbocycles. The predicted octanol–water partition coefficient (Wildman–Crippen LogP) is 1.61. The summed E-state index contributed by atoms with van der Waals surface area (Å²) < 4.78 is 0. The molecule has 94 valence electrons. The van der Waals surface area contributed by atoms with Crippen molar-refractivity contribution < 1.29 is 9.90 Å². The van der Waals surface area contributed by atoms with E-state index < -0.39 is 5.54 Å². The Balaban J connectivity index is 2.65. The molecule has 1 amide bonds. The number of pyridine rings is 1. The van der Waals surface area contributed by atoms with Gasteiger partial charge >= 0.3 is 0 Å². The van der Waals surface area contributed by atoms with E-state index in [4.69, 9.17) is 5.11 Å². The summed E-state index contributed by atoms with van der Waals surface area (Å²) in [5, 5.41) is 14.9. The molecule has 0 radical (unpaired) electrons. The first-order valence-corrected chi connectivity index (χ1v) is 5.62. The normalized spacial score (nSPS) is 11.1. The molecule has 1 aromatic heterocycles. The molecule has 17 heavy (non-hydrogen) atoms. The second-order valence-corrected chi connectivity index (χ2v) is 4.50. The average molecular weight is 237 g/mol. The van der Waals surface area contributed by atoms with Crippen LogP contribution in [0.5, 0.6) is 0 Å². The number of aliphatic hydroxyl groups is 1. The van der Waals surface area contributed by atoms with Crippen LogP contribution in [0, 0.1) is 0 Å². The number of aromatic nitrogens is 1. The van der Waals surface area contributed by atoms with Crippen molar-refractivity contribution in [2.24, 2.45) is 0 Å². The lowest BCUT2D eigenvalue weighted by atomic mass is 10.1. The van der Waals surface area contributed by atoms with Crippen LogP contribution in [0.25, 0.3) is 0 Å². The van der Waals surface area contributed by atoms with Crippen molar-refractivity contribution >= 4 is 17.4 Å². The van der Waals surface area contributed by atoms with Crippen LogP contribution in [0.1, 0.15) is 27.2 Å². The number of nitrogens with zero attached hydrogens (tertiary/aromatic N) is 1. The third kappa shape index (κ3) is 4.40. The number of rotatable bonds is 5. The van der Waals surface area contributed by atoms with E-state index in [1.54, 1.807) is 25.3 Å². The number of hydrogen-bond donors (Lipinski definition) is 3. The summed E-state index contributed by atoms with van der Waals surface area (Å²) in [5.74, 6) is 0.627. The first-order chi connectivity index (χ1) is 7.96. The van der Waals surface area contributed by atoms with Gasteiger partial charge in [-0.15, -0.1) is 0 Å². The minimum atomic E-state index is -0.415. The quantitative estimate of drug-likeness (QED) is 0.727. The Kier molecular flexibility index (Phi) is 4.45. The lowest BCUT2D eigenvalue weighted by Gasteiger charge is -2.24. The number of aliphatic hydroxyl groups excluding tert-OH is 1. The van der Waals surface area contributed by atoms with Crippen molar-refractivity contribution in [1.82, 2.24) is 4.98 Å². The van der Waals surface area contributed by atoms with E-state index in [0.29, 0.717) is 17.9 Å². The predicted molar refractivity (Wildman–Crippen MR) is 67.9 cm³/mol. The van der Waals surface area contributed by atoms with Crippen LogP contribution >= 0.6 is 0 Å². The number of nitrogens with one attached hydrogen (secondary N) is 2. The van der Waals surface area contributed by atoms with Crippen molar-refractivity contribution in [3.63, 3.8) is 0 Å². The summed E-state index contributed by atoms with van der Waals surface area (Å²) in [4.78, 5) is 15.3. The van der Waals surface area contributed by atoms with Gasteiger partial charge in [-0.2, -0.15) is 0 Å². The standard InChI is InChI=1S/C12H19N3O2/c1-4-11(17)14-9-5-6-10(13-7-9)15-12(2,3)8-16/h5-7,16H,4,8H2,1-3H3,(H,13,15)(H,14,17). The van der Waals surface area contributed by atoms with Gasteiger partial charge in [-0.25, -0.2) is 4.98 Å². The molecule has 0 aliphatic rings. The number of carbonyl (C=O) groups is 1. The lowest BCUT2D eigenvalue weighted by molar-refractivity contribution is -0.115. The van der Waals surface area contributed by atoms with E-state index in [1.807, 2.05) is 13.8 Å². The van der Waals surface area contributed by atoms with E-state index in [2.05, 4.69) is 15.6 Å². The summed E-state index contributed by atoms with van der Waals surface area (Å²) in [5.41, 5.74) is 0.255. The van der Waals surface area contributed by atoms with Crippen LogP contribution in [-0.4, -0.2) is 28.1 Å². The van der Waals surface area contributed by atoms with Gasteiger partial charge in [0.15, 0.2) is 0 Å². The molecule has 0 saturated heterocycles. The zero-order valence-corrected chi connectivity index (χ0v) is 10.4. The number of amides is 1. The van der Waals surface area contributed by atoms with Crippen molar-refractivity contribution in [3.05, 3.63) is 18.3 Å². The summed E-state index contributed by atoms with van der Waals surface area (Å²) in [6, 6.07) is 3.54. The monoisotopic (exact) mass is 237 g/mol. The lowest BCUT2D eigenvalue weighted by Crippen LogP contribution is -2.35. The molecule has 0 aliphatic heterocycles.